The zero-order chi connectivity index (χ0) is 24.6. The highest BCUT2D eigenvalue weighted by molar-refractivity contribution is 5.75. The van der Waals surface area contributed by atoms with Crippen molar-refractivity contribution in [2.75, 3.05) is 11.9 Å². The van der Waals surface area contributed by atoms with Crippen LogP contribution in [-0.4, -0.2) is 36.0 Å². The van der Waals surface area contributed by atoms with E-state index in [1.165, 1.54) is 11.1 Å². The van der Waals surface area contributed by atoms with Crippen LogP contribution >= 0.6 is 0 Å². The second-order valence-electron chi connectivity index (χ2n) is 9.43. The highest BCUT2D eigenvalue weighted by Crippen LogP contribution is 2.22. The quantitative estimate of drug-likeness (QED) is 0.379. The van der Waals surface area contributed by atoms with E-state index in [0.717, 1.165) is 30.9 Å². The number of fused-ring (bicyclic) bond motifs is 2. The Morgan fingerprint density at radius 3 is 2.80 bits per heavy atom. The lowest BCUT2D eigenvalue weighted by molar-refractivity contribution is 0.0736. The van der Waals surface area contributed by atoms with Crippen LogP contribution in [0.15, 0.2) is 47.4 Å². The molecule has 1 aliphatic rings. The average Bonchev–Trinajstić information content (AvgIpc) is 3.12. The van der Waals surface area contributed by atoms with Gasteiger partial charge in [0.05, 0.1) is 5.69 Å². The molecule has 0 radical (unpaired) electrons. The minimum atomic E-state index is -1.01. The van der Waals surface area contributed by atoms with Gasteiger partial charge in [-0.3, -0.25) is 14.5 Å². The predicted molar refractivity (Wildman–Crippen MR) is 136 cm³/mol. The summed E-state index contributed by atoms with van der Waals surface area (Å²) in [6.45, 7) is 8.30. The van der Waals surface area contributed by atoms with Crippen LogP contribution in [0.25, 0.3) is 11.0 Å². The number of hydrogen-bond acceptors (Lipinski definition) is 7. The van der Waals surface area contributed by atoms with E-state index >= 15 is 0 Å². The molecule has 0 aliphatic carbocycles. The van der Waals surface area contributed by atoms with Crippen LogP contribution < -0.4 is 16.2 Å². The van der Waals surface area contributed by atoms with Gasteiger partial charge in [-0.2, -0.15) is 4.98 Å². The summed E-state index contributed by atoms with van der Waals surface area (Å²) in [6.07, 6.45) is 3.19. The lowest BCUT2D eigenvalue weighted by atomic mass is 10.0. The number of nitrogens with one attached hydrogen (secondary N) is 2. The molecule has 182 valence electrons. The van der Waals surface area contributed by atoms with Crippen molar-refractivity contribution in [2.24, 2.45) is 0 Å². The third kappa shape index (κ3) is 4.69. The molecule has 5 rings (SSSR count). The fourth-order valence-corrected chi connectivity index (χ4v) is 4.55. The molecule has 0 atom stereocenters. The fourth-order valence-electron chi connectivity index (χ4n) is 4.55. The molecule has 0 amide bonds. The predicted octanol–water partition coefficient (Wildman–Crippen LogP) is 2.87. The van der Waals surface area contributed by atoms with Crippen molar-refractivity contribution in [1.29, 1.82) is 0 Å². The topological polar surface area (TPSA) is 110 Å². The third-order valence-corrected chi connectivity index (χ3v) is 6.43. The summed E-state index contributed by atoms with van der Waals surface area (Å²) < 4.78 is 3.59. The summed E-state index contributed by atoms with van der Waals surface area (Å²) in [5, 5.41) is 17.5. The van der Waals surface area contributed by atoms with E-state index in [-0.39, 0.29) is 5.56 Å². The maximum Gasteiger partial charge on any atom is 0.277 e. The molecule has 9 nitrogen and oxygen atoms in total. The summed E-state index contributed by atoms with van der Waals surface area (Å²) in [5.41, 5.74) is 4.51. The van der Waals surface area contributed by atoms with Crippen LogP contribution in [-0.2, 0) is 38.1 Å². The van der Waals surface area contributed by atoms with Crippen molar-refractivity contribution < 1.29 is 5.11 Å². The van der Waals surface area contributed by atoms with E-state index in [9.17, 15) is 9.90 Å². The van der Waals surface area contributed by atoms with Gasteiger partial charge in [0.15, 0.2) is 5.65 Å². The van der Waals surface area contributed by atoms with Crippen molar-refractivity contribution in [1.82, 2.24) is 29.6 Å². The van der Waals surface area contributed by atoms with E-state index in [2.05, 4.69) is 32.7 Å². The molecule has 0 bridgehead atoms. The standard InChI is InChI=1S/C26H31N7O2/c1-4-32-24(34)21-16-28-25(30-20-9-8-18-15-27-12-10-17(18)14-20)31-23(21)33(32)13-11-19-6-5-7-22(29-19)26(2,3)35/h5-9,14,16,27,35H,4,10-13,15H2,1-3H3,(H,28,30,31). The van der Waals surface area contributed by atoms with Crippen LogP contribution in [0.1, 0.15) is 43.3 Å². The number of rotatable bonds is 7. The number of nitrogens with zero attached hydrogens (tertiary/aromatic N) is 5. The highest BCUT2D eigenvalue weighted by atomic mass is 16.3. The van der Waals surface area contributed by atoms with Crippen molar-refractivity contribution in [3.8, 4) is 0 Å². The number of benzene rings is 1. The molecule has 3 aromatic heterocycles. The largest absolute Gasteiger partial charge is 0.384 e. The smallest absolute Gasteiger partial charge is 0.277 e. The maximum atomic E-state index is 13.0. The van der Waals surface area contributed by atoms with Crippen LogP contribution in [0.4, 0.5) is 11.6 Å². The van der Waals surface area contributed by atoms with Gasteiger partial charge in [0.25, 0.3) is 5.56 Å². The Balaban J connectivity index is 1.45. The zero-order valence-corrected chi connectivity index (χ0v) is 20.4. The Labute approximate surface area is 203 Å². The Morgan fingerprint density at radius 1 is 1.14 bits per heavy atom. The molecule has 35 heavy (non-hydrogen) atoms. The lowest BCUT2D eigenvalue weighted by Crippen LogP contribution is -2.23. The second kappa shape index (κ2) is 9.24. The minimum Gasteiger partial charge on any atom is -0.384 e. The Kier molecular flexibility index (Phi) is 6.12. The molecule has 1 aliphatic heterocycles. The summed E-state index contributed by atoms with van der Waals surface area (Å²) in [5.74, 6) is 0.454. The van der Waals surface area contributed by atoms with Gasteiger partial charge >= 0.3 is 0 Å². The summed E-state index contributed by atoms with van der Waals surface area (Å²) in [7, 11) is 0. The molecular weight excluding hydrogens is 442 g/mol. The van der Waals surface area contributed by atoms with Crippen LogP contribution in [0, 0.1) is 0 Å². The summed E-state index contributed by atoms with van der Waals surface area (Å²) in [6, 6.07) is 12.0. The molecule has 0 spiro atoms. The summed E-state index contributed by atoms with van der Waals surface area (Å²) in [4.78, 5) is 26.8. The lowest BCUT2D eigenvalue weighted by Gasteiger charge is -2.18. The van der Waals surface area contributed by atoms with Crippen molar-refractivity contribution in [3.05, 3.63) is 75.5 Å². The Bertz CT molecular complexity index is 1430. The number of aliphatic hydroxyl groups is 1. The van der Waals surface area contributed by atoms with Gasteiger partial charge in [0.1, 0.15) is 11.0 Å². The number of anilines is 2. The first kappa shape index (κ1) is 23.2. The molecule has 0 fully saturated rings. The van der Waals surface area contributed by atoms with Crippen molar-refractivity contribution >= 4 is 22.7 Å². The molecule has 4 aromatic rings. The van der Waals surface area contributed by atoms with Crippen molar-refractivity contribution in [3.63, 3.8) is 0 Å². The number of hydrogen-bond donors (Lipinski definition) is 3. The van der Waals surface area contributed by atoms with Gasteiger partial charge in [0.2, 0.25) is 5.95 Å². The SMILES string of the molecule is CCn1c(=O)c2cnc(Nc3ccc4c(c3)CCNC4)nc2n1CCc1cccc(C(C)(C)O)n1. The monoisotopic (exact) mass is 473 g/mol. The molecule has 0 saturated carbocycles. The van der Waals surface area contributed by atoms with Gasteiger partial charge in [-0.05, 0) is 69.1 Å². The molecule has 1 aromatic carbocycles. The number of aromatic nitrogens is 5. The van der Waals surface area contributed by atoms with E-state index in [0.29, 0.717) is 42.2 Å². The van der Waals surface area contributed by atoms with E-state index in [1.807, 2.05) is 35.9 Å². The summed E-state index contributed by atoms with van der Waals surface area (Å²) >= 11 is 0. The minimum absolute atomic E-state index is 0.103. The first-order valence-corrected chi connectivity index (χ1v) is 12.1. The number of pyridine rings is 1. The molecule has 9 heteroatoms. The Morgan fingerprint density at radius 2 is 2.00 bits per heavy atom. The van der Waals surface area contributed by atoms with Crippen LogP contribution in [0.2, 0.25) is 0 Å². The van der Waals surface area contributed by atoms with Gasteiger partial charge in [-0.15, -0.1) is 0 Å². The highest BCUT2D eigenvalue weighted by Gasteiger charge is 2.19. The molecule has 0 unspecified atom stereocenters. The third-order valence-electron chi connectivity index (χ3n) is 6.43. The normalized spacial score (nSPS) is 13.7. The average molecular weight is 474 g/mol. The molecule has 3 N–H and O–H groups in total. The maximum absolute atomic E-state index is 13.0. The second-order valence-corrected chi connectivity index (χ2v) is 9.43. The molecule has 0 saturated heterocycles. The fraction of sp³-hybridized carbons (Fsp3) is 0.385. The van der Waals surface area contributed by atoms with Crippen LogP contribution in [0.3, 0.4) is 0 Å². The van der Waals surface area contributed by atoms with Crippen molar-refractivity contribution in [2.45, 2.75) is 58.8 Å². The number of aryl methyl sites for hydroxylation is 2. The first-order valence-electron chi connectivity index (χ1n) is 12.1. The van der Waals surface area contributed by atoms with Gasteiger partial charge in [-0.1, -0.05) is 12.1 Å². The zero-order valence-electron chi connectivity index (χ0n) is 20.4. The first-order chi connectivity index (χ1) is 16.8. The van der Waals surface area contributed by atoms with Gasteiger partial charge < -0.3 is 15.7 Å². The molecular formula is C26H31N7O2. The van der Waals surface area contributed by atoms with Crippen LogP contribution in [0.5, 0.6) is 0 Å². The van der Waals surface area contributed by atoms with E-state index < -0.39 is 5.60 Å². The van der Waals surface area contributed by atoms with Gasteiger partial charge in [0, 0.05) is 43.6 Å². The van der Waals surface area contributed by atoms with E-state index in [4.69, 9.17) is 4.98 Å². The molecule has 4 heterocycles. The Hall–Kier alpha value is -3.56. The van der Waals surface area contributed by atoms with E-state index in [1.54, 1.807) is 24.7 Å². The van der Waals surface area contributed by atoms with Gasteiger partial charge in [-0.25, -0.2) is 9.67 Å².